The van der Waals surface area contributed by atoms with Gasteiger partial charge in [-0.25, -0.2) is 9.59 Å². The molecule has 0 unspecified atom stereocenters. The number of aliphatic hydroxyl groups is 1. The minimum Gasteiger partial charge on any atom is -0.479 e. The first-order chi connectivity index (χ1) is 22.0. The largest absolute Gasteiger partial charge is 0.479 e. The summed E-state index contributed by atoms with van der Waals surface area (Å²) in [7, 11) is 0. The number of aliphatic hydroxyl groups excluding tert-OH is 1. The lowest BCUT2D eigenvalue weighted by molar-refractivity contribution is -0.146. The van der Waals surface area contributed by atoms with Crippen molar-refractivity contribution in [2.24, 2.45) is 0 Å². The van der Waals surface area contributed by atoms with Crippen molar-refractivity contribution in [1.29, 1.82) is 0 Å². The summed E-state index contributed by atoms with van der Waals surface area (Å²) in [4.78, 5) is 48.0. The van der Waals surface area contributed by atoms with Crippen LogP contribution >= 0.6 is 23.2 Å². The number of allylic oxidation sites excluding steroid dienone is 2. The monoisotopic (exact) mass is 669 g/mol. The molecule has 0 saturated carbocycles. The van der Waals surface area contributed by atoms with Crippen LogP contribution in [0.2, 0.25) is 10.0 Å². The second-order valence-corrected chi connectivity index (χ2v) is 11.3. The van der Waals surface area contributed by atoms with Crippen LogP contribution in [-0.2, 0) is 20.9 Å². The average molecular weight is 671 g/mol. The third-order valence-corrected chi connectivity index (χ3v) is 7.28. The van der Waals surface area contributed by atoms with E-state index in [1.165, 1.54) is 25.3 Å². The number of anilines is 2. The zero-order chi connectivity index (χ0) is 33.6. The van der Waals surface area contributed by atoms with Crippen molar-refractivity contribution in [2.45, 2.75) is 52.2 Å². The minimum atomic E-state index is -1.69. The summed E-state index contributed by atoms with van der Waals surface area (Å²) in [5, 5.41) is 24.2. The molecule has 12 heteroatoms. The molecule has 0 aliphatic heterocycles. The molecule has 4 rings (SSSR count). The highest BCUT2D eigenvalue weighted by molar-refractivity contribution is 6.35. The van der Waals surface area contributed by atoms with E-state index in [0.29, 0.717) is 28.0 Å². The first-order valence-corrected chi connectivity index (χ1v) is 15.5. The highest BCUT2D eigenvalue weighted by Crippen LogP contribution is 2.29. The van der Waals surface area contributed by atoms with Gasteiger partial charge in [0.2, 0.25) is 0 Å². The van der Waals surface area contributed by atoms with E-state index in [-0.39, 0.29) is 18.1 Å². The molecule has 0 spiro atoms. The van der Waals surface area contributed by atoms with E-state index in [1.807, 2.05) is 24.3 Å². The summed E-state index contributed by atoms with van der Waals surface area (Å²) in [6.07, 6.45) is 5.06. The number of hydrogen-bond donors (Lipinski definition) is 4. The zero-order valence-corrected chi connectivity index (χ0v) is 27.1. The number of nitrogens with zero attached hydrogens (tertiary/aromatic N) is 1. The molecule has 0 bridgehead atoms. The number of hydrogen-bond acceptors (Lipinski definition) is 6. The Bertz CT molecular complexity index is 1520. The van der Waals surface area contributed by atoms with Crippen molar-refractivity contribution in [3.05, 3.63) is 99.5 Å². The molecule has 46 heavy (non-hydrogen) atoms. The molecule has 0 saturated heterocycles. The van der Waals surface area contributed by atoms with Crippen LogP contribution in [0, 0.1) is 0 Å². The van der Waals surface area contributed by atoms with Crippen LogP contribution < -0.4 is 15.5 Å². The van der Waals surface area contributed by atoms with Crippen LogP contribution in [0.1, 0.15) is 61.0 Å². The molecule has 10 nitrogen and oxygen atoms in total. The number of ether oxygens (including phenoxy) is 1. The van der Waals surface area contributed by atoms with Crippen LogP contribution in [0.3, 0.4) is 0 Å². The van der Waals surface area contributed by atoms with E-state index in [1.54, 1.807) is 54.3 Å². The molecule has 4 N–H and O–H groups in total. The lowest BCUT2D eigenvalue weighted by atomic mass is 9.93. The standard InChI is InChI=1S/C30H29Cl2N3O5.C4H8O2/c31-23-14-24(32)16-25(15-23)34-30(40)35(26-12-10-21(11-13-26)20-4-2-1-3-5-20)18-19-6-8-22(9-7-19)28(37)33-17-27(36)29(38)39;1-3-6-4(2)5/h4,6-16,27,36H,1-3,5,17-18H2,(H,33,37)(H,34,40)(H,38,39);3H2,1-2H3/t27-;/m1./s1. The van der Waals surface area contributed by atoms with E-state index in [4.69, 9.17) is 28.3 Å². The quantitative estimate of drug-likeness (QED) is 0.171. The van der Waals surface area contributed by atoms with Gasteiger partial charge in [0, 0.05) is 33.9 Å². The molecule has 1 aliphatic rings. The number of amides is 3. The molecule has 3 aromatic carbocycles. The third-order valence-electron chi connectivity index (χ3n) is 6.85. The molecular weight excluding hydrogens is 633 g/mol. The lowest BCUT2D eigenvalue weighted by Crippen LogP contribution is -2.36. The number of rotatable bonds is 10. The number of carbonyl (C=O) groups is 4. The number of carbonyl (C=O) groups excluding carboxylic acids is 3. The summed E-state index contributed by atoms with van der Waals surface area (Å²) in [5.41, 5.74) is 4.61. The summed E-state index contributed by atoms with van der Waals surface area (Å²) in [5.74, 6) is -2.15. The molecule has 0 aromatic heterocycles. The topological polar surface area (TPSA) is 145 Å². The van der Waals surface area contributed by atoms with Gasteiger partial charge in [-0.2, -0.15) is 0 Å². The van der Waals surface area contributed by atoms with Crippen LogP contribution in [0.4, 0.5) is 16.2 Å². The number of nitrogens with one attached hydrogen (secondary N) is 2. The Balaban J connectivity index is 0.000000875. The number of esters is 1. The summed E-state index contributed by atoms with van der Waals surface area (Å²) >= 11 is 12.2. The lowest BCUT2D eigenvalue weighted by Gasteiger charge is -2.24. The van der Waals surface area contributed by atoms with Gasteiger partial charge in [-0.3, -0.25) is 14.5 Å². The van der Waals surface area contributed by atoms with E-state index in [2.05, 4.69) is 21.4 Å². The Morgan fingerprint density at radius 2 is 1.61 bits per heavy atom. The first-order valence-electron chi connectivity index (χ1n) is 14.7. The Morgan fingerprint density at radius 3 is 2.13 bits per heavy atom. The Labute approximate surface area is 278 Å². The third kappa shape index (κ3) is 11.5. The van der Waals surface area contributed by atoms with Crippen molar-refractivity contribution in [3.63, 3.8) is 0 Å². The predicted molar refractivity (Wildman–Crippen MR) is 179 cm³/mol. The minimum absolute atomic E-state index is 0.196. The maximum Gasteiger partial charge on any atom is 0.334 e. The number of halogens is 2. The van der Waals surface area contributed by atoms with Crippen molar-refractivity contribution in [3.8, 4) is 0 Å². The molecule has 0 radical (unpaired) electrons. The predicted octanol–water partition coefficient (Wildman–Crippen LogP) is 6.93. The SMILES string of the molecule is CCOC(C)=O.O=C(NC[C@@H](O)C(=O)O)c1ccc(CN(C(=O)Nc2cc(Cl)cc(Cl)c2)c2ccc(C3=CCCCC3)cc2)cc1. The summed E-state index contributed by atoms with van der Waals surface area (Å²) < 4.78 is 4.40. The van der Waals surface area contributed by atoms with Crippen molar-refractivity contribution in [1.82, 2.24) is 5.32 Å². The van der Waals surface area contributed by atoms with Crippen LogP contribution in [0.15, 0.2) is 72.8 Å². The van der Waals surface area contributed by atoms with E-state index < -0.39 is 30.6 Å². The van der Waals surface area contributed by atoms with Gasteiger partial charge in [0.25, 0.3) is 5.91 Å². The van der Waals surface area contributed by atoms with Crippen LogP contribution in [-0.4, -0.2) is 53.3 Å². The van der Waals surface area contributed by atoms with E-state index in [9.17, 15) is 24.3 Å². The molecule has 1 atom stereocenters. The van der Waals surface area contributed by atoms with Gasteiger partial charge in [0.05, 0.1) is 19.7 Å². The molecule has 0 fully saturated rings. The average Bonchev–Trinajstić information content (AvgIpc) is 3.02. The fraction of sp³-hybridized carbons (Fsp3) is 0.294. The number of aliphatic carboxylic acids is 1. The van der Waals surface area contributed by atoms with Gasteiger partial charge in [0.15, 0.2) is 6.10 Å². The van der Waals surface area contributed by atoms with E-state index in [0.717, 1.165) is 24.0 Å². The van der Waals surface area contributed by atoms with Crippen molar-refractivity contribution in [2.75, 3.05) is 23.4 Å². The normalized spacial score (nSPS) is 12.8. The van der Waals surface area contributed by atoms with Gasteiger partial charge in [-0.05, 0) is 91.8 Å². The highest BCUT2D eigenvalue weighted by Gasteiger charge is 2.19. The van der Waals surface area contributed by atoms with Crippen molar-refractivity contribution >= 4 is 64.0 Å². The fourth-order valence-electron chi connectivity index (χ4n) is 4.58. The second kappa shape index (κ2) is 17.9. The first kappa shape index (κ1) is 36.1. The van der Waals surface area contributed by atoms with Crippen LogP contribution in [0.25, 0.3) is 5.57 Å². The number of carboxylic acid groups (broad SMARTS) is 1. The van der Waals surface area contributed by atoms with Gasteiger partial charge in [-0.1, -0.05) is 53.5 Å². The Morgan fingerprint density at radius 1 is 0.957 bits per heavy atom. The van der Waals surface area contributed by atoms with Gasteiger partial charge in [-0.15, -0.1) is 0 Å². The fourth-order valence-corrected chi connectivity index (χ4v) is 5.11. The summed E-state index contributed by atoms with van der Waals surface area (Å²) in [6.45, 7) is 3.44. The highest BCUT2D eigenvalue weighted by atomic mass is 35.5. The number of benzene rings is 3. The zero-order valence-electron chi connectivity index (χ0n) is 25.6. The number of urea groups is 1. The maximum atomic E-state index is 13.5. The van der Waals surface area contributed by atoms with Gasteiger partial charge < -0.3 is 25.6 Å². The van der Waals surface area contributed by atoms with E-state index >= 15 is 0 Å². The molecule has 3 aromatic rings. The molecule has 244 valence electrons. The van der Waals surface area contributed by atoms with Gasteiger partial charge >= 0.3 is 18.0 Å². The Kier molecular flexibility index (Phi) is 14.1. The maximum absolute atomic E-state index is 13.5. The molecular formula is C34H37Cl2N3O7. The van der Waals surface area contributed by atoms with Gasteiger partial charge in [0.1, 0.15) is 0 Å². The Hall–Kier alpha value is -4.38. The second-order valence-electron chi connectivity index (χ2n) is 10.4. The molecule has 1 aliphatic carbocycles. The molecule has 3 amide bonds. The summed E-state index contributed by atoms with van der Waals surface area (Å²) in [6, 6.07) is 18.8. The molecule has 0 heterocycles. The smallest absolute Gasteiger partial charge is 0.334 e. The van der Waals surface area contributed by atoms with Crippen LogP contribution in [0.5, 0.6) is 0 Å². The number of carboxylic acids is 1. The van der Waals surface area contributed by atoms with Crippen molar-refractivity contribution < 1.29 is 34.1 Å².